The molecule has 1 aliphatic heterocycles. The quantitative estimate of drug-likeness (QED) is 0.835. The van der Waals surface area contributed by atoms with E-state index >= 15 is 0 Å². The molecule has 100 valence electrons. The largest absolute Gasteiger partial charge is 0.366 e. The number of hydrogen-bond acceptors (Lipinski definition) is 5. The number of nitrogens with one attached hydrogen (secondary N) is 1. The van der Waals surface area contributed by atoms with E-state index in [1.54, 1.807) is 11.9 Å². The molecule has 1 unspecified atom stereocenters. The number of ether oxygens (including phenoxy) is 1. The van der Waals surface area contributed by atoms with Crippen LogP contribution in [0.1, 0.15) is 17.0 Å². The molecule has 2 rings (SSSR count). The van der Waals surface area contributed by atoms with Gasteiger partial charge in [0.25, 0.3) is 5.91 Å². The summed E-state index contributed by atoms with van der Waals surface area (Å²) in [5.74, 6) is 0.747. The maximum Gasteiger partial charge on any atom is 0.253 e. The van der Waals surface area contributed by atoms with Crippen LogP contribution in [0.25, 0.3) is 0 Å². The molecule has 1 aromatic heterocycles. The normalized spacial score (nSPS) is 19.8. The van der Waals surface area contributed by atoms with Crippen LogP contribution in [0, 0.1) is 13.8 Å². The molecule has 0 bridgehead atoms. The molecule has 18 heavy (non-hydrogen) atoms. The van der Waals surface area contributed by atoms with Crippen molar-refractivity contribution in [2.45, 2.75) is 26.5 Å². The van der Waals surface area contributed by atoms with Crippen molar-refractivity contribution in [1.29, 1.82) is 0 Å². The maximum atomic E-state index is 12.2. The average Bonchev–Trinajstić information content (AvgIpc) is 2.70. The zero-order valence-corrected chi connectivity index (χ0v) is 11.0. The Hall–Kier alpha value is -1.40. The first-order valence-electron chi connectivity index (χ1n) is 6.08. The lowest BCUT2D eigenvalue weighted by Crippen LogP contribution is -2.48. The van der Waals surface area contributed by atoms with Gasteiger partial charge in [-0.05, 0) is 13.8 Å². The highest BCUT2D eigenvalue weighted by atomic mass is 16.5. The minimum Gasteiger partial charge on any atom is -0.366 e. The van der Waals surface area contributed by atoms with E-state index in [0.29, 0.717) is 19.7 Å². The van der Waals surface area contributed by atoms with E-state index in [1.807, 2.05) is 13.8 Å². The van der Waals surface area contributed by atoms with Gasteiger partial charge in [0.2, 0.25) is 0 Å². The number of hydrogen-bond donors (Lipinski definition) is 1. The van der Waals surface area contributed by atoms with Gasteiger partial charge in [-0.3, -0.25) is 4.79 Å². The molecule has 1 N–H and O–H groups in total. The third kappa shape index (κ3) is 2.70. The van der Waals surface area contributed by atoms with E-state index in [2.05, 4.69) is 10.5 Å². The Morgan fingerprint density at radius 2 is 2.33 bits per heavy atom. The second-order valence-corrected chi connectivity index (χ2v) is 4.56. The van der Waals surface area contributed by atoms with E-state index in [0.717, 1.165) is 23.6 Å². The van der Waals surface area contributed by atoms with E-state index < -0.39 is 0 Å². The summed E-state index contributed by atoms with van der Waals surface area (Å²) in [5, 5.41) is 7.03. The SMILES string of the molecule is Cc1noc(C)c1CN(C)C(=O)C1CNCCO1. The summed E-state index contributed by atoms with van der Waals surface area (Å²) in [6.45, 7) is 6.19. The topological polar surface area (TPSA) is 67.6 Å². The molecule has 1 atom stereocenters. The first kappa shape index (κ1) is 13.0. The predicted octanol–water partition coefficient (Wildman–Crippen LogP) is 0.238. The van der Waals surface area contributed by atoms with Crippen molar-refractivity contribution < 1.29 is 14.1 Å². The van der Waals surface area contributed by atoms with Crippen molar-refractivity contribution in [1.82, 2.24) is 15.4 Å². The van der Waals surface area contributed by atoms with Crippen LogP contribution < -0.4 is 5.32 Å². The summed E-state index contributed by atoms with van der Waals surface area (Å²) in [4.78, 5) is 13.8. The highest BCUT2D eigenvalue weighted by Crippen LogP contribution is 2.15. The number of morpholine rings is 1. The summed E-state index contributed by atoms with van der Waals surface area (Å²) in [7, 11) is 1.77. The molecule has 0 radical (unpaired) electrons. The summed E-state index contributed by atoms with van der Waals surface area (Å²) in [6.07, 6.45) is -0.385. The number of carbonyl (C=O) groups excluding carboxylic acids is 1. The predicted molar refractivity (Wildman–Crippen MR) is 65.1 cm³/mol. The molecule has 1 amide bonds. The highest BCUT2D eigenvalue weighted by molar-refractivity contribution is 5.81. The summed E-state index contributed by atoms with van der Waals surface area (Å²) >= 11 is 0. The molecule has 0 spiro atoms. The number of aromatic nitrogens is 1. The molecule has 1 aromatic rings. The van der Waals surface area contributed by atoms with E-state index in [4.69, 9.17) is 9.26 Å². The molecule has 0 saturated carbocycles. The Balaban J connectivity index is 1.98. The Labute approximate surface area is 106 Å². The molecule has 1 fully saturated rings. The van der Waals surface area contributed by atoms with E-state index in [-0.39, 0.29) is 12.0 Å². The average molecular weight is 253 g/mol. The van der Waals surface area contributed by atoms with Crippen molar-refractivity contribution in [2.75, 3.05) is 26.7 Å². The fourth-order valence-corrected chi connectivity index (χ4v) is 2.01. The fourth-order valence-electron chi connectivity index (χ4n) is 2.01. The molecular weight excluding hydrogens is 234 g/mol. The lowest BCUT2D eigenvalue weighted by Gasteiger charge is -2.27. The van der Waals surface area contributed by atoms with Gasteiger partial charge in [0.05, 0.1) is 18.8 Å². The van der Waals surface area contributed by atoms with Gasteiger partial charge in [-0.15, -0.1) is 0 Å². The van der Waals surface area contributed by atoms with E-state index in [9.17, 15) is 4.79 Å². The van der Waals surface area contributed by atoms with Crippen molar-refractivity contribution in [3.8, 4) is 0 Å². The minimum atomic E-state index is -0.385. The van der Waals surface area contributed by atoms with Crippen molar-refractivity contribution in [3.63, 3.8) is 0 Å². The lowest BCUT2D eigenvalue weighted by molar-refractivity contribution is -0.144. The van der Waals surface area contributed by atoms with Gasteiger partial charge in [-0.1, -0.05) is 5.16 Å². The molecule has 6 nitrogen and oxygen atoms in total. The number of rotatable bonds is 3. The maximum absolute atomic E-state index is 12.2. The third-order valence-electron chi connectivity index (χ3n) is 3.16. The second-order valence-electron chi connectivity index (χ2n) is 4.56. The smallest absolute Gasteiger partial charge is 0.253 e. The second kappa shape index (κ2) is 5.49. The van der Waals surface area contributed by atoms with Crippen LogP contribution in [-0.2, 0) is 16.1 Å². The molecule has 1 aliphatic rings. The Morgan fingerprint density at radius 3 is 2.89 bits per heavy atom. The van der Waals surface area contributed by atoms with Crippen molar-refractivity contribution in [2.24, 2.45) is 0 Å². The Bertz CT molecular complexity index is 405. The molecule has 0 aromatic carbocycles. The number of nitrogens with zero attached hydrogens (tertiary/aromatic N) is 2. The van der Waals surface area contributed by atoms with Gasteiger partial charge >= 0.3 is 0 Å². The van der Waals surface area contributed by atoms with Crippen LogP contribution in [0.15, 0.2) is 4.52 Å². The number of likely N-dealkylation sites (N-methyl/N-ethyl adjacent to an activating group) is 1. The summed E-state index contributed by atoms with van der Waals surface area (Å²) in [6, 6.07) is 0. The van der Waals surface area contributed by atoms with Crippen LogP contribution in [0.2, 0.25) is 0 Å². The first-order chi connectivity index (χ1) is 8.59. The van der Waals surface area contributed by atoms with Gasteiger partial charge in [-0.2, -0.15) is 0 Å². The van der Waals surface area contributed by atoms with Gasteiger partial charge in [-0.25, -0.2) is 0 Å². The third-order valence-corrected chi connectivity index (χ3v) is 3.16. The van der Waals surface area contributed by atoms with Crippen molar-refractivity contribution >= 4 is 5.91 Å². The number of aryl methyl sites for hydroxylation is 2. The van der Waals surface area contributed by atoms with Gasteiger partial charge < -0.3 is 19.5 Å². The fraction of sp³-hybridized carbons (Fsp3) is 0.667. The molecule has 2 heterocycles. The first-order valence-corrected chi connectivity index (χ1v) is 6.08. The van der Waals surface area contributed by atoms with Gasteiger partial charge in [0, 0.05) is 25.7 Å². The Morgan fingerprint density at radius 1 is 1.56 bits per heavy atom. The zero-order valence-electron chi connectivity index (χ0n) is 11.0. The van der Waals surface area contributed by atoms with Crippen LogP contribution in [-0.4, -0.2) is 48.8 Å². The van der Waals surface area contributed by atoms with Gasteiger partial charge in [0.1, 0.15) is 11.9 Å². The number of amides is 1. The zero-order chi connectivity index (χ0) is 13.1. The minimum absolute atomic E-state index is 0.0119. The van der Waals surface area contributed by atoms with Gasteiger partial charge in [0.15, 0.2) is 0 Å². The number of carbonyl (C=O) groups is 1. The molecule has 0 aliphatic carbocycles. The standard InChI is InChI=1S/C12H19N3O3/c1-8-10(9(2)18-14-8)7-15(3)12(16)11-6-13-4-5-17-11/h11,13H,4-7H2,1-3H3. The van der Waals surface area contributed by atoms with Crippen LogP contribution >= 0.6 is 0 Å². The Kier molecular flexibility index (Phi) is 3.98. The highest BCUT2D eigenvalue weighted by Gasteiger charge is 2.25. The van der Waals surface area contributed by atoms with Crippen LogP contribution in [0.3, 0.4) is 0 Å². The summed E-state index contributed by atoms with van der Waals surface area (Å²) in [5.41, 5.74) is 1.80. The summed E-state index contributed by atoms with van der Waals surface area (Å²) < 4.78 is 10.5. The van der Waals surface area contributed by atoms with Crippen LogP contribution in [0.5, 0.6) is 0 Å². The molecular formula is C12H19N3O3. The van der Waals surface area contributed by atoms with Crippen molar-refractivity contribution in [3.05, 3.63) is 17.0 Å². The lowest BCUT2D eigenvalue weighted by atomic mass is 10.2. The molecule has 6 heteroatoms. The molecule has 1 saturated heterocycles. The van der Waals surface area contributed by atoms with Crippen LogP contribution in [0.4, 0.5) is 0 Å². The van der Waals surface area contributed by atoms with E-state index in [1.165, 1.54) is 0 Å². The monoisotopic (exact) mass is 253 g/mol.